The Balaban J connectivity index is 2.41. The Morgan fingerprint density at radius 3 is 2.04 bits per heavy atom. The first-order chi connectivity index (χ1) is 12.0. The summed E-state index contributed by atoms with van der Waals surface area (Å²) >= 11 is 0. The summed E-state index contributed by atoms with van der Waals surface area (Å²) in [5.74, 6) is 0.440. The molecule has 0 amide bonds. The minimum atomic E-state index is -3.43. The van der Waals surface area contributed by atoms with E-state index >= 15 is 0 Å². The van der Waals surface area contributed by atoms with Gasteiger partial charge in [-0.3, -0.25) is 0 Å². The average molecular weight is 399 g/mol. The van der Waals surface area contributed by atoms with Crippen molar-refractivity contribution in [3.05, 3.63) is 30.3 Å². The molecular weight excluding hydrogens is 364 g/mol. The summed E-state index contributed by atoms with van der Waals surface area (Å²) in [6.45, 7) is 15.1. The van der Waals surface area contributed by atoms with E-state index in [1.165, 1.54) is 0 Å². The molecule has 1 saturated heterocycles. The van der Waals surface area contributed by atoms with E-state index in [4.69, 9.17) is 9.47 Å². The summed E-state index contributed by atoms with van der Waals surface area (Å²) in [6.07, 6.45) is -0.0238. The molecule has 1 aromatic carbocycles. The number of rotatable bonds is 6. The summed E-state index contributed by atoms with van der Waals surface area (Å²) in [4.78, 5) is 0.00941. The van der Waals surface area contributed by atoms with Crippen LogP contribution in [0.15, 0.2) is 35.2 Å². The Hall–Kier alpha value is -0.693. The van der Waals surface area contributed by atoms with Crippen molar-refractivity contribution in [2.24, 2.45) is 17.8 Å². The molecule has 0 bridgehead atoms. The van der Waals surface area contributed by atoms with Crippen LogP contribution in [0.1, 0.15) is 27.7 Å². The zero-order valence-corrected chi connectivity index (χ0v) is 18.9. The molecule has 0 aromatic heterocycles. The van der Waals surface area contributed by atoms with Gasteiger partial charge in [-0.2, -0.15) is 0 Å². The van der Waals surface area contributed by atoms with Gasteiger partial charge in [0.1, 0.15) is 6.79 Å². The molecule has 1 unspecified atom stereocenters. The highest BCUT2D eigenvalue weighted by Gasteiger charge is 2.48. The second-order valence-corrected chi connectivity index (χ2v) is 16.8. The first kappa shape index (κ1) is 21.6. The van der Waals surface area contributed by atoms with Crippen molar-refractivity contribution in [1.82, 2.24) is 0 Å². The van der Waals surface area contributed by atoms with Crippen molar-refractivity contribution in [1.29, 1.82) is 0 Å². The molecule has 1 aliphatic heterocycles. The second-order valence-electron chi connectivity index (χ2n) is 8.99. The highest BCUT2D eigenvalue weighted by Crippen LogP contribution is 2.37. The van der Waals surface area contributed by atoms with E-state index in [2.05, 4.69) is 40.4 Å². The van der Waals surface area contributed by atoms with Crippen molar-refractivity contribution < 1.29 is 17.9 Å². The van der Waals surface area contributed by atoms with E-state index in [-0.39, 0.29) is 30.8 Å². The molecule has 26 heavy (non-hydrogen) atoms. The normalized spacial score (nSPS) is 27.3. The van der Waals surface area contributed by atoms with Crippen molar-refractivity contribution in [3.63, 3.8) is 0 Å². The van der Waals surface area contributed by atoms with Gasteiger partial charge in [-0.05, 0) is 24.0 Å². The molecule has 148 valence electrons. The van der Waals surface area contributed by atoms with Gasteiger partial charge in [-0.1, -0.05) is 65.5 Å². The monoisotopic (exact) mass is 398 g/mol. The standard InChI is InChI=1S/C20H34O4SSi/c1-14(2)18-15(3)19(24-13-23-18)16(4)20(26(5,6)7)25(21,22)17-11-9-8-10-12-17/h8-12,14-16,18-20H,13H2,1-7H3/t15-,16+,18+,19-,20?/m1/s1. The summed E-state index contributed by atoms with van der Waals surface area (Å²) in [6, 6.07) is 8.85. The minimum absolute atomic E-state index is 0.0907. The maximum atomic E-state index is 13.5. The molecule has 1 aliphatic rings. The first-order valence-electron chi connectivity index (χ1n) is 9.50. The van der Waals surface area contributed by atoms with E-state index in [9.17, 15) is 8.42 Å². The Bertz CT molecular complexity index is 682. The number of hydrogen-bond donors (Lipinski definition) is 0. The second kappa shape index (κ2) is 8.13. The maximum absolute atomic E-state index is 13.5. The van der Waals surface area contributed by atoms with Gasteiger partial charge < -0.3 is 9.47 Å². The lowest BCUT2D eigenvalue weighted by atomic mass is 9.84. The molecule has 2 rings (SSSR count). The maximum Gasteiger partial charge on any atom is 0.179 e. The fraction of sp³-hybridized carbons (Fsp3) is 0.700. The molecule has 0 radical (unpaired) electrons. The van der Waals surface area contributed by atoms with Gasteiger partial charge in [-0.25, -0.2) is 8.42 Å². The predicted molar refractivity (Wildman–Crippen MR) is 109 cm³/mol. The smallest absolute Gasteiger partial charge is 0.179 e. The number of benzene rings is 1. The van der Waals surface area contributed by atoms with E-state index < -0.39 is 22.8 Å². The van der Waals surface area contributed by atoms with Crippen LogP contribution < -0.4 is 0 Å². The van der Waals surface area contributed by atoms with Crippen LogP contribution in [-0.2, 0) is 19.3 Å². The highest BCUT2D eigenvalue weighted by molar-refractivity contribution is 7.94. The SMILES string of the molecule is CC(C)[C@@H]1OCO[C@@H]([C@H](C)C([Si](C)(C)C)S(=O)(=O)c2ccccc2)[C@@H]1C. The van der Waals surface area contributed by atoms with E-state index in [0.29, 0.717) is 10.8 Å². The van der Waals surface area contributed by atoms with Gasteiger partial charge >= 0.3 is 0 Å². The summed E-state index contributed by atoms with van der Waals surface area (Å²) in [5.41, 5.74) is 0. The fourth-order valence-electron chi connectivity index (χ4n) is 4.58. The van der Waals surface area contributed by atoms with Gasteiger partial charge in [0.05, 0.1) is 30.1 Å². The first-order valence-corrected chi connectivity index (χ1v) is 14.6. The molecular formula is C20H34O4SSi. The van der Waals surface area contributed by atoms with Crippen molar-refractivity contribution in [2.45, 2.75) is 69.3 Å². The van der Waals surface area contributed by atoms with E-state index in [1.807, 2.05) is 13.0 Å². The van der Waals surface area contributed by atoms with Gasteiger partial charge in [-0.15, -0.1) is 0 Å². The van der Waals surface area contributed by atoms with Gasteiger partial charge in [0, 0.05) is 5.92 Å². The quantitative estimate of drug-likeness (QED) is 0.668. The van der Waals surface area contributed by atoms with Gasteiger partial charge in [0.25, 0.3) is 0 Å². The minimum Gasteiger partial charge on any atom is -0.352 e. The van der Waals surface area contributed by atoms with Crippen molar-refractivity contribution >= 4 is 17.9 Å². The van der Waals surface area contributed by atoms with Crippen LogP contribution in [0, 0.1) is 17.8 Å². The lowest BCUT2D eigenvalue weighted by molar-refractivity contribution is -0.225. The number of ether oxygens (including phenoxy) is 2. The molecule has 4 nitrogen and oxygen atoms in total. The number of sulfone groups is 1. The Kier molecular flexibility index (Phi) is 6.75. The van der Waals surface area contributed by atoms with Crippen molar-refractivity contribution in [3.8, 4) is 0 Å². The lowest BCUT2D eigenvalue weighted by Gasteiger charge is -2.44. The number of hydrogen-bond acceptors (Lipinski definition) is 4. The van der Waals surface area contributed by atoms with Crippen LogP contribution in [0.4, 0.5) is 0 Å². The van der Waals surface area contributed by atoms with Crippen molar-refractivity contribution in [2.75, 3.05) is 6.79 Å². The van der Waals surface area contributed by atoms with E-state index in [0.717, 1.165) is 0 Å². The fourth-order valence-corrected chi connectivity index (χ4v) is 12.0. The molecule has 0 N–H and O–H groups in total. The third kappa shape index (κ3) is 4.41. The average Bonchev–Trinajstić information content (AvgIpc) is 2.54. The van der Waals surface area contributed by atoms with Crippen LogP contribution in [-0.4, -0.2) is 40.4 Å². The van der Waals surface area contributed by atoms with Crippen LogP contribution in [0.3, 0.4) is 0 Å². The largest absolute Gasteiger partial charge is 0.352 e. The van der Waals surface area contributed by atoms with Gasteiger partial charge in [0.2, 0.25) is 0 Å². The zero-order valence-electron chi connectivity index (χ0n) is 17.1. The summed E-state index contributed by atoms with van der Waals surface area (Å²) < 4.78 is 38.8. The van der Waals surface area contributed by atoms with Gasteiger partial charge in [0.15, 0.2) is 9.84 Å². The molecule has 1 heterocycles. The van der Waals surface area contributed by atoms with Crippen LogP contribution in [0.2, 0.25) is 19.6 Å². The Morgan fingerprint density at radius 2 is 1.54 bits per heavy atom. The lowest BCUT2D eigenvalue weighted by Crippen LogP contribution is -2.56. The Morgan fingerprint density at radius 1 is 1.00 bits per heavy atom. The third-order valence-corrected chi connectivity index (χ3v) is 12.8. The predicted octanol–water partition coefficient (Wildman–Crippen LogP) is 4.38. The zero-order chi connectivity index (χ0) is 19.7. The molecule has 1 fully saturated rings. The van der Waals surface area contributed by atoms with E-state index in [1.54, 1.807) is 24.3 Å². The molecule has 0 spiro atoms. The summed E-state index contributed by atoms with van der Waals surface area (Å²) in [7, 11) is -5.47. The Labute approximate surface area is 160 Å². The highest BCUT2D eigenvalue weighted by atomic mass is 32.2. The van der Waals surface area contributed by atoms with Crippen LogP contribution >= 0.6 is 0 Å². The molecule has 5 atom stereocenters. The molecule has 0 aliphatic carbocycles. The van der Waals surface area contributed by atoms with Crippen LogP contribution in [0.25, 0.3) is 0 Å². The van der Waals surface area contributed by atoms with Crippen LogP contribution in [0.5, 0.6) is 0 Å². The topological polar surface area (TPSA) is 52.6 Å². The third-order valence-electron chi connectivity index (χ3n) is 5.47. The molecule has 1 aromatic rings. The molecule has 6 heteroatoms. The summed E-state index contributed by atoms with van der Waals surface area (Å²) in [5, 5.41) is 0. The molecule has 0 saturated carbocycles.